The van der Waals surface area contributed by atoms with E-state index in [1.165, 1.54) is 30.5 Å². The Morgan fingerprint density at radius 1 is 1.32 bits per heavy atom. The smallest absolute Gasteiger partial charge is 0.298 e. The van der Waals surface area contributed by atoms with Crippen LogP contribution in [0.4, 0.5) is 14.6 Å². The van der Waals surface area contributed by atoms with Crippen molar-refractivity contribution in [3.8, 4) is 5.75 Å². The summed E-state index contributed by atoms with van der Waals surface area (Å²) in [6, 6.07) is 2.59. The average Bonchev–Trinajstić information content (AvgIpc) is 3.49. The van der Waals surface area contributed by atoms with Crippen LogP contribution in [0.1, 0.15) is 24.4 Å². The van der Waals surface area contributed by atoms with Gasteiger partial charge in [-0.05, 0) is 43.0 Å². The van der Waals surface area contributed by atoms with E-state index in [1.54, 1.807) is 19.9 Å². The first-order chi connectivity index (χ1) is 14.8. The van der Waals surface area contributed by atoms with E-state index in [0.717, 1.165) is 6.20 Å². The van der Waals surface area contributed by atoms with E-state index in [1.807, 2.05) is 0 Å². The van der Waals surface area contributed by atoms with Crippen molar-refractivity contribution in [2.45, 2.75) is 26.7 Å². The van der Waals surface area contributed by atoms with Gasteiger partial charge in [0.1, 0.15) is 23.2 Å². The quantitative estimate of drug-likeness (QED) is 0.563. The lowest BCUT2D eigenvalue weighted by Gasteiger charge is -2.27. The molecule has 7 nitrogen and oxygen atoms in total. The normalized spacial score (nSPS) is 24.5. The minimum atomic E-state index is -0.642. The summed E-state index contributed by atoms with van der Waals surface area (Å²) in [5.41, 5.74) is -0.276. The summed E-state index contributed by atoms with van der Waals surface area (Å²) in [5.74, 6) is -0.968. The molecule has 0 aromatic carbocycles. The van der Waals surface area contributed by atoms with Crippen LogP contribution in [0.15, 0.2) is 48.6 Å². The number of anilines is 1. The highest BCUT2D eigenvalue weighted by molar-refractivity contribution is 5.94. The van der Waals surface area contributed by atoms with Crippen molar-refractivity contribution in [1.82, 2.24) is 9.97 Å². The molecule has 1 N–H and O–H groups in total. The van der Waals surface area contributed by atoms with Gasteiger partial charge in [-0.3, -0.25) is 4.79 Å². The predicted molar refractivity (Wildman–Crippen MR) is 108 cm³/mol. The van der Waals surface area contributed by atoms with Crippen LogP contribution in [0.3, 0.4) is 0 Å². The van der Waals surface area contributed by atoms with E-state index >= 15 is 0 Å². The molecule has 9 heteroatoms. The number of aromatic nitrogens is 3. The second-order valence-corrected chi connectivity index (χ2v) is 7.98. The highest BCUT2D eigenvalue weighted by Gasteiger charge is 2.62. The molecule has 4 rings (SSSR count). The number of rotatable bonds is 6. The third-order valence-corrected chi connectivity index (χ3v) is 6.00. The number of pyridine rings is 1. The number of aryl methyl sites for hydroxylation is 1. The van der Waals surface area contributed by atoms with Gasteiger partial charge in [-0.2, -0.15) is 0 Å². The van der Waals surface area contributed by atoms with Gasteiger partial charge in [0.2, 0.25) is 11.7 Å². The fourth-order valence-electron chi connectivity index (χ4n) is 4.05. The summed E-state index contributed by atoms with van der Waals surface area (Å²) < 4.78 is 33.7. The van der Waals surface area contributed by atoms with Gasteiger partial charge in [0.25, 0.3) is 5.82 Å². The van der Waals surface area contributed by atoms with Gasteiger partial charge >= 0.3 is 0 Å². The Bertz CT molecular complexity index is 1070. The molecule has 162 valence electrons. The highest BCUT2D eigenvalue weighted by atomic mass is 19.1. The molecular formula is C22H22F2N4O3. The van der Waals surface area contributed by atoms with E-state index in [0.29, 0.717) is 34.8 Å². The maximum absolute atomic E-state index is 14.0. The fraction of sp³-hybridized carbons (Fsp3) is 0.364. The van der Waals surface area contributed by atoms with Crippen LogP contribution >= 0.6 is 0 Å². The molecule has 0 bridgehead atoms. The lowest BCUT2D eigenvalue weighted by molar-refractivity contribution is -0.623. The van der Waals surface area contributed by atoms with Gasteiger partial charge < -0.3 is 15.3 Å². The van der Waals surface area contributed by atoms with E-state index in [2.05, 4.69) is 15.3 Å². The summed E-state index contributed by atoms with van der Waals surface area (Å²) in [4.78, 5) is 20.8. The number of allylic oxidation sites excluding steroid dienone is 4. The van der Waals surface area contributed by atoms with E-state index in [-0.39, 0.29) is 30.1 Å². The summed E-state index contributed by atoms with van der Waals surface area (Å²) in [6.45, 7) is 3.34. The number of amides is 1. The summed E-state index contributed by atoms with van der Waals surface area (Å²) in [6.07, 6.45) is 8.21. The van der Waals surface area contributed by atoms with Gasteiger partial charge in [0.15, 0.2) is 6.20 Å². The maximum atomic E-state index is 14.0. The molecule has 0 radical (unpaired) electrons. The molecule has 1 amide bonds. The van der Waals surface area contributed by atoms with Gasteiger partial charge in [0.05, 0.1) is 12.8 Å². The number of carbonyl (C=O) groups is 1. The molecule has 1 unspecified atom stereocenters. The Labute approximate surface area is 178 Å². The van der Waals surface area contributed by atoms with Crippen LogP contribution in [0.5, 0.6) is 5.75 Å². The molecule has 1 saturated carbocycles. The Morgan fingerprint density at radius 3 is 2.84 bits per heavy atom. The molecular weight excluding hydrogens is 406 g/mol. The minimum Gasteiger partial charge on any atom is -0.710 e. The van der Waals surface area contributed by atoms with Gasteiger partial charge in [-0.15, -0.1) is 0 Å². The Hall–Kier alpha value is -3.36. The molecule has 2 aromatic rings. The van der Waals surface area contributed by atoms with Crippen molar-refractivity contribution in [3.63, 3.8) is 0 Å². The molecule has 3 atom stereocenters. The molecule has 2 aromatic heterocycles. The Balaban J connectivity index is 1.54. The van der Waals surface area contributed by atoms with Crippen LogP contribution < -0.4 is 14.8 Å². The molecule has 2 heterocycles. The van der Waals surface area contributed by atoms with Crippen LogP contribution in [0.2, 0.25) is 0 Å². The molecule has 2 aliphatic carbocycles. The average molecular weight is 428 g/mol. The summed E-state index contributed by atoms with van der Waals surface area (Å²) in [5, 5.41) is 14.8. The van der Waals surface area contributed by atoms with Gasteiger partial charge in [-0.1, -0.05) is 11.1 Å². The Kier molecular flexibility index (Phi) is 5.43. The largest absolute Gasteiger partial charge is 0.710 e. The summed E-state index contributed by atoms with van der Waals surface area (Å²) in [7, 11) is 0. The first kappa shape index (κ1) is 20.9. The minimum absolute atomic E-state index is 0.121. The zero-order valence-corrected chi connectivity index (χ0v) is 17.1. The van der Waals surface area contributed by atoms with Crippen molar-refractivity contribution < 1.29 is 23.0 Å². The zero-order valence-electron chi connectivity index (χ0n) is 17.1. The number of ether oxygens (including phenoxy) is 1. The van der Waals surface area contributed by atoms with Crippen molar-refractivity contribution >= 4 is 11.7 Å². The number of hydrogen-bond donors (Lipinski definition) is 1. The molecule has 0 spiro atoms. The molecule has 0 aliphatic heterocycles. The third kappa shape index (κ3) is 4.12. The highest BCUT2D eigenvalue weighted by Crippen LogP contribution is 2.60. The van der Waals surface area contributed by atoms with Crippen molar-refractivity contribution in [3.05, 3.63) is 71.1 Å². The van der Waals surface area contributed by atoms with Crippen LogP contribution in [0, 0.1) is 42.1 Å². The number of carbonyl (C=O) groups excluding carboxylic acids is 1. The van der Waals surface area contributed by atoms with Gasteiger partial charge in [-0.25, -0.2) is 18.5 Å². The monoisotopic (exact) mass is 428 g/mol. The van der Waals surface area contributed by atoms with Crippen LogP contribution in [-0.4, -0.2) is 22.5 Å². The molecule has 31 heavy (non-hydrogen) atoms. The second kappa shape index (κ2) is 8.05. The zero-order chi connectivity index (χ0) is 22.2. The number of nitrogens with zero attached hydrogens (tertiary/aromatic N) is 3. The van der Waals surface area contributed by atoms with Crippen LogP contribution in [0.25, 0.3) is 0 Å². The Morgan fingerprint density at radius 2 is 2.13 bits per heavy atom. The molecule has 0 saturated heterocycles. The SMILES string of the molecule is Cc1ncc(OC[C@@]2(C3C=C(F)C=CC3)C[C@H]2C(=O)Nc2ccc(F)cn2)c(C)[n+]1[O-]. The lowest BCUT2D eigenvalue weighted by atomic mass is 9.82. The van der Waals surface area contributed by atoms with E-state index in [4.69, 9.17) is 4.74 Å². The van der Waals surface area contributed by atoms with E-state index in [9.17, 15) is 18.8 Å². The van der Waals surface area contributed by atoms with E-state index < -0.39 is 17.2 Å². The number of hydrogen-bond acceptors (Lipinski definition) is 5. The predicted octanol–water partition coefficient (Wildman–Crippen LogP) is 3.32. The third-order valence-electron chi connectivity index (χ3n) is 6.00. The van der Waals surface area contributed by atoms with Crippen molar-refractivity contribution in [2.24, 2.45) is 17.3 Å². The van der Waals surface area contributed by atoms with Crippen molar-refractivity contribution in [1.29, 1.82) is 0 Å². The molecule has 1 fully saturated rings. The fourth-order valence-corrected chi connectivity index (χ4v) is 4.05. The van der Waals surface area contributed by atoms with Crippen molar-refractivity contribution in [2.75, 3.05) is 11.9 Å². The number of halogens is 2. The first-order valence-electron chi connectivity index (χ1n) is 9.95. The standard InChI is InChI=1S/C22H22F2N4O3/c1-13-19(11-25-14(2)28(13)30)31-12-22(15-4-3-5-16(23)8-15)9-18(22)21(29)27-20-7-6-17(24)10-26-20/h3,5-8,10-11,15,18H,4,9,12H2,1-2H3,(H,26,27,29)/t15?,18-,22+/m0/s1. The van der Waals surface area contributed by atoms with Crippen LogP contribution in [-0.2, 0) is 4.79 Å². The lowest BCUT2D eigenvalue weighted by Crippen LogP contribution is -2.36. The first-order valence-corrected chi connectivity index (χ1v) is 9.95. The second-order valence-electron chi connectivity index (χ2n) is 7.98. The van der Waals surface area contributed by atoms with Gasteiger partial charge in [0, 0.05) is 25.2 Å². The molecule has 2 aliphatic rings. The maximum Gasteiger partial charge on any atom is 0.298 e. The number of nitrogens with one attached hydrogen (secondary N) is 1. The summed E-state index contributed by atoms with van der Waals surface area (Å²) >= 11 is 0. The topological polar surface area (TPSA) is 91.0 Å².